The van der Waals surface area contributed by atoms with Crippen molar-refractivity contribution in [2.45, 2.75) is 19.3 Å². The normalized spacial score (nSPS) is 11.1. The molecular formula is C12H12N2O. The van der Waals surface area contributed by atoms with Gasteiger partial charge in [0, 0.05) is 5.56 Å². The lowest BCUT2D eigenvalue weighted by molar-refractivity contribution is 0.335. The Bertz CT molecular complexity index is 401. The molecule has 0 aliphatic carbocycles. The van der Waals surface area contributed by atoms with E-state index in [1.807, 2.05) is 37.3 Å². The maximum Gasteiger partial charge on any atom is 0.123 e. The third-order valence-corrected chi connectivity index (χ3v) is 2.05. The van der Waals surface area contributed by atoms with E-state index in [4.69, 9.17) is 15.3 Å². The van der Waals surface area contributed by atoms with Gasteiger partial charge in [-0.15, -0.1) is 0 Å². The lowest BCUT2D eigenvalue weighted by Gasteiger charge is -2.11. The van der Waals surface area contributed by atoms with Gasteiger partial charge in [-0.1, -0.05) is 18.2 Å². The van der Waals surface area contributed by atoms with Gasteiger partial charge in [-0.05, 0) is 13.0 Å². The van der Waals surface area contributed by atoms with Crippen LogP contribution >= 0.6 is 0 Å². The second-order valence-electron chi connectivity index (χ2n) is 3.01. The maximum atomic E-state index is 8.95. The molecule has 1 aromatic carbocycles. The summed E-state index contributed by atoms with van der Waals surface area (Å²) in [6, 6.07) is 11.5. The van der Waals surface area contributed by atoms with E-state index in [-0.39, 0.29) is 6.42 Å². The summed E-state index contributed by atoms with van der Waals surface area (Å²) >= 11 is 0. The highest BCUT2D eigenvalue weighted by atomic mass is 16.5. The molecule has 1 atom stereocenters. The van der Waals surface area contributed by atoms with Crippen LogP contribution < -0.4 is 4.74 Å². The van der Waals surface area contributed by atoms with Crippen molar-refractivity contribution in [3.8, 4) is 17.9 Å². The van der Waals surface area contributed by atoms with Crippen molar-refractivity contribution >= 4 is 0 Å². The zero-order chi connectivity index (χ0) is 11.1. The summed E-state index contributed by atoms with van der Waals surface area (Å²) in [6.45, 7) is 2.45. The lowest BCUT2D eigenvalue weighted by Crippen LogP contribution is -2.00. The Hall–Kier alpha value is -2.00. The zero-order valence-corrected chi connectivity index (χ0v) is 8.60. The van der Waals surface area contributed by atoms with Crippen molar-refractivity contribution in [1.29, 1.82) is 10.5 Å². The fourth-order valence-corrected chi connectivity index (χ4v) is 1.37. The fraction of sp³-hybridized carbons (Fsp3) is 0.333. The number of nitrogens with zero attached hydrogens (tertiary/aromatic N) is 2. The van der Waals surface area contributed by atoms with Gasteiger partial charge in [0.25, 0.3) is 0 Å². The van der Waals surface area contributed by atoms with E-state index < -0.39 is 5.92 Å². The second kappa shape index (κ2) is 5.67. The van der Waals surface area contributed by atoms with E-state index in [0.29, 0.717) is 12.4 Å². The van der Waals surface area contributed by atoms with E-state index in [1.165, 1.54) is 0 Å². The van der Waals surface area contributed by atoms with E-state index in [9.17, 15) is 0 Å². The lowest BCUT2D eigenvalue weighted by atomic mass is 9.97. The SMILES string of the molecule is CCOc1ccccc1C(C#N)CC#N. The van der Waals surface area contributed by atoms with Gasteiger partial charge in [0.1, 0.15) is 5.75 Å². The van der Waals surface area contributed by atoms with Gasteiger partial charge in [0.2, 0.25) is 0 Å². The van der Waals surface area contributed by atoms with Gasteiger partial charge in [-0.2, -0.15) is 10.5 Å². The molecule has 15 heavy (non-hydrogen) atoms. The molecule has 0 N–H and O–H groups in total. The molecule has 0 aliphatic rings. The van der Waals surface area contributed by atoms with Crippen LogP contribution in [0.2, 0.25) is 0 Å². The Morgan fingerprint density at radius 3 is 2.67 bits per heavy atom. The summed E-state index contributed by atoms with van der Waals surface area (Å²) < 4.78 is 5.41. The van der Waals surface area contributed by atoms with Crippen molar-refractivity contribution in [2.75, 3.05) is 6.61 Å². The van der Waals surface area contributed by atoms with Gasteiger partial charge in [-0.25, -0.2) is 0 Å². The highest BCUT2D eigenvalue weighted by molar-refractivity contribution is 5.39. The standard InChI is InChI=1S/C12H12N2O/c1-2-15-12-6-4-3-5-11(12)10(9-14)7-8-13/h3-6,10H,2,7H2,1H3. The van der Waals surface area contributed by atoms with Gasteiger partial charge in [0.05, 0.1) is 31.1 Å². The van der Waals surface area contributed by atoms with Crippen LogP contribution in [-0.4, -0.2) is 6.61 Å². The molecule has 0 fully saturated rings. The number of hydrogen-bond donors (Lipinski definition) is 0. The van der Waals surface area contributed by atoms with Crippen LogP contribution in [0.15, 0.2) is 24.3 Å². The van der Waals surface area contributed by atoms with Crippen LogP contribution in [-0.2, 0) is 0 Å². The molecule has 0 aromatic heterocycles. The highest BCUT2D eigenvalue weighted by Crippen LogP contribution is 2.28. The monoisotopic (exact) mass is 200 g/mol. The summed E-state index contributed by atoms with van der Waals surface area (Å²) in [5, 5.41) is 17.6. The van der Waals surface area contributed by atoms with Crippen LogP contribution in [0, 0.1) is 22.7 Å². The van der Waals surface area contributed by atoms with Crippen molar-refractivity contribution in [3.63, 3.8) is 0 Å². The molecular weight excluding hydrogens is 188 g/mol. The van der Waals surface area contributed by atoms with Crippen molar-refractivity contribution in [3.05, 3.63) is 29.8 Å². The first-order valence-corrected chi connectivity index (χ1v) is 4.81. The van der Waals surface area contributed by atoms with Gasteiger partial charge >= 0.3 is 0 Å². The molecule has 3 heteroatoms. The van der Waals surface area contributed by atoms with E-state index in [2.05, 4.69) is 6.07 Å². The maximum absolute atomic E-state index is 8.95. The number of ether oxygens (including phenoxy) is 1. The van der Waals surface area contributed by atoms with Crippen LogP contribution in [0.3, 0.4) is 0 Å². The third-order valence-electron chi connectivity index (χ3n) is 2.05. The summed E-state index contributed by atoms with van der Waals surface area (Å²) in [5.74, 6) is 0.291. The third kappa shape index (κ3) is 2.72. The molecule has 0 spiro atoms. The molecule has 0 bridgehead atoms. The molecule has 0 aliphatic heterocycles. The Kier molecular flexibility index (Phi) is 4.19. The number of nitriles is 2. The zero-order valence-electron chi connectivity index (χ0n) is 8.60. The summed E-state index contributed by atoms with van der Waals surface area (Å²) in [7, 11) is 0. The first kappa shape index (κ1) is 11.1. The summed E-state index contributed by atoms with van der Waals surface area (Å²) in [4.78, 5) is 0. The van der Waals surface area contributed by atoms with Gasteiger partial charge in [0.15, 0.2) is 0 Å². The second-order valence-corrected chi connectivity index (χ2v) is 3.01. The van der Waals surface area contributed by atoms with Crippen molar-refractivity contribution in [2.24, 2.45) is 0 Å². The molecule has 1 unspecified atom stereocenters. The molecule has 0 radical (unpaired) electrons. The quantitative estimate of drug-likeness (QED) is 0.750. The smallest absolute Gasteiger partial charge is 0.123 e. The Labute approximate surface area is 89.5 Å². The minimum Gasteiger partial charge on any atom is -0.494 e. The molecule has 1 aromatic rings. The van der Waals surface area contributed by atoms with Crippen LogP contribution in [0.25, 0.3) is 0 Å². The van der Waals surface area contributed by atoms with E-state index in [1.54, 1.807) is 0 Å². The number of rotatable bonds is 4. The molecule has 3 nitrogen and oxygen atoms in total. The molecule has 0 saturated heterocycles. The average molecular weight is 200 g/mol. The molecule has 0 heterocycles. The highest BCUT2D eigenvalue weighted by Gasteiger charge is 2.14. The van der Waals surface area contributed by atoms with Crippen LogP contribution in [0.4, 0.5) is 0 Å². The Morgan fingerprint density at radius 2 is 2.07 bits per heavy atom. The predicted molar refractivity (Wildman–Crippen MR) is 56.2 cm³/mol. The first-order valence-electron chi connectivity index (χ1n) is 4.81. The summed E-state index contributed by atoms with van der Waals surface area (Å²) in [6.07, 6.45) is 0.195. The fourth-order valence-electron chi connectivity index (χ4n) is 1.37. The number of para-hydroxylation sites is 1. The topological polar surface area (TPSA) is 56.8 Å². The van der Waals surface area contributed by atoms with Gasteiger partial charge in [-0.3, -0.25) is 0 Å². The predicted octanol–water partition coefficient (Wildman–Crippen LogP) is 2.61. The first-order chi connectivity index (χ1) is 7.33. The molecule has 1 rings (SSSR count). The van der Waals surface area contributed by atoms with Crippen LogP contribution in [0.5, 0.6) is 5.75 Å². The molecule has 76 valence electrons. The molecule has 0 saturated carbocycles. The largest absolute Gasteiger partial charge is 0.494 e. The number of hydrogen-bond acceptors (Lipinski definition) is 3. The summed E-state index contributed by atoms with van der Waals surface area (Å²) in [5.41, 5.74) is 0.795. The van der Waals surface area contributed by atoms with Crippen molar-refractivity contribution < 1.29 is 4.74 Å². The van der Waals surface area contributed by atoms with Crippen molar-refractivity contribution in [1.82, 2.24) is 0 Å². The average Bonchev–Trinajstić information content (AvgIpc) is 2.27. The minimum atomic E-state index is -0.405. The van der Waals surface area contributed by atoms with Gasteiger partial charge < -0.3 is 4.74 Å². The molecule has 0 amide bonds. The number of benzene rings is 1. The Balaban J connectivity index is 3.01. The Morgan fingerprint density at radius 1 is 1.33 bits per heavy atom. The van der Waals surface area contributed by atoms with Crippen LogP contribution in [0.1, 0.15) is 24.8 Å². The van der Waals surface area contributed by atoms with E-state index >= 15 is 0 Å². The minimum absolute atomic E-state index is 0.195. The van der Waals surface area contributed by atoms with E-state index in [0.717, 1.165) is 5.56 Å².